The normalized spacial score (nSPS) is 12.9. The molecule has 0 bridgehead atoms. The van der Waals surface area contributed by atoms with Crippen molar-refractivity contribution in [2.75, 3.05) is 4.90 Å². The quantitative estimate of drug-likeness (QED) is 0.150. The molecule has 0 radical (unpaired) electrons. The number of hydrogen-bond donors (Lipinski definition) is 0. The topological polar surface area (TPSA) is 16.1 Å². The van der Waals surface area contributed by atoms with Crippen LogP contribution in [0.3, 0.4) is 0 Å². The largest absolute Gasteiger partial charge is 0.295 e. The molecule has 1 heterocycles. The predicted molar refractivity (Wildman–Crippen MR) is 255 cm³/mol. The van der Waals surface area contributed by atoms with Gasteiger partial charge in [0, 0.05) is 23.0 Å². The lowest BCUT2D eigenvalue weighted by atomic mass is 9.82. The Morgan fingerprint density at radius 1 is 0.417 bits per heavy atom. The minimum Gasteiger partial charge on any atom is -0.295 e. The molecule has 0 amide bonds. The Labute approximate surface area is 351 Å². The second-order valence-corrected chi connectivity index (χ2v) is 16.3. The van der Waals surface area contributed by atoms with Crippen LogP contribution in [0, 0.1) is 0 Å². The smallest absolute Gasteiger partial charge is 0.137 e. The van der Waals surface area contributed by atoms with Crippen LogP contribution in [0.5, 0.6) is 0 Å². The molecule has 0 atom stereocenters. The third-order valence-electron chi connectivity index (χ3n) is 12.5. The van der Waals surface area contributed by atoms with Crippen LogP contribution >= 0.6 is 0 Å². The number of rotatable bonds is 7. The maximum atomic E-state index is 5.12. The van der Waals surface area contributed by atoms with Crippen LogP contribution < -0.4 is 4.90 Å². The highest BCUT2D eigenvalue weighted by Gasteiger charge is 2.35. The summed E-state index contributed by atoms with van der Waals surface area (Å²) in [6.45, 7) is 4.66. The van der Waals surface area contributed by atoms with E-state index in [2.05, 4.69) is 231 Å². The molecule has 60 heavy (non-hydrogen) atoms. The summed E-state index contributed by atoms with van der Waals surface area (Å²) in [6, 6.07) is 72.5. The number of para-hydroxylation sites is 1. The van der Waals surface area contributed by atoms with E-state index in [1.54, 1.807) is 0 Å². The zero-order valence-electron chi connectivity index (χ0n) is 33.7. The van der Waals surface area contributed by atoms with E-state index in [1.165, 1.54) is 82.4 Å². The minimum atomic E-state index is -0.0975. The summed E-state index contributed by atoms with van der Waals surface area (Å²) in [5.41, 5.74) is 14.6. The molecule has 0 saturated carbocycles. The summed E-state index contributed by atoms with van der Waals surface area (Å²) < 4.78 is 0. The van der Waals surface area contributed by atoms with Crippen LogP contribution in [0.4, 0.5) is 17.2 Å². The van der Waals surface area contributed by atoms with Gasteiger partial charge in [-0.1, -0.05) is 190 Å². The van der Waals surface area contributed by atoms with Crippen molar-refractivity contribution in [3.8, 4) is 33.4 Å². The van der Waals surface area contributed by atoms with Gasteiger partial charge in [0.15, 0.2) is 0 Å². The van der Waals surface area contributed by atoms with Gasteiger partial charge in [0.05, 0.1) is 0 Å². The third-order valence-corrected chi connectivity index (χ3v) is 12.5. The molecular weight excluding hydrogens is 725 g/mol. The van der Waals surface area contributed by atoms with Gasteiger partial charge in [0.25, 0.3) is 0 Å². The van der Waals surface area contributed by atoms with Crippen LogP contribution in [0.15, 0.2) is 206 Å². The Morgan fingerprint density at radius 2 is 0.967 bits per heavy atom. The molecule has 0 N–H and O–H groups in total. The van der Waals surface area contributed by atoms with E-state index in [-0.39, 0.29) is 5.41 Å². The van der Waals surface area contributed by atoms with Gasteiger partial charge in [-0.2, -0.15) is 0 Å². The zero-order valence-corrected chi connectivity index (χ0v) is 33.7. The molecule has 1 aliphatic carbocycles. The van der Waals surface area contributed by atoms with Crippen LogP contribution in [-0.4, -0.2) is 4.98 Å². The molecule has 0 spiro atoms. The average Bonchev–Trinajstić information content (AvgIpc) is 3.54. The number of benzene rings is 9. The molecule has 0 saturated heterocycles. The standard InChI is InChI=1S/C58H42N2/c1-58(2)54-28-16-15-25-49(54)50-33-31-42(37-55(50)58)60(41-19-7-4-8-20-41)56-36-30-39(38-59-56)29-32-48-46-23-11-13-26-51(46)57(52-27-14-12-24-47(48)52)53-35-34-43(40-17-5-3-6-18-40)44-21-9-10-22-45(44)53/h3-38H,1-2H3. The van der Waals surface area contributed by atoms with E-state index in [1.807, 2.05) is 6.20 Å². The van der Waals surface area contributed by atoms with E-state index in [0.29, 0.717) is 0 Å². The lowest BCUT2D eigenvalue weighted by Crippen LogP contribution is -2.17. The molecule has 1 aliphatic rings. The van der Waals surface area contributed by atoms with Crippen molar-refractivity contribution >= 4 is 61.7 Å². The maximum absolute atomic E-state index is 5.12. The van der Waals surface area contributed by atoms with Crippen molar-refractivity contribution < 1.29 is 0 Å². The highest BCUT2D eigenvalue weighted by molar-refractivity contribution is 6.21. The van der Waals surface area contributed by atoms with Gasteiger partial charge in [-0.15, -0.1) is 0 Å². The fraction of sp³-hybridized carbons (Fsp3) is 0.0517. The molecule has 0 aliphatic heterocycles. The zero-order chi connectivity index (χ0) is 40.2. The van der Waals surface area contributed by atoms with Gasteiger partial charge >= 0.3 is 0 Å². The number of pyridine rings is 1. The molecule has 2 heteroatoms. The summed E-state index contributed by atoms with van der Waals surface area (Å²) in [7, 11) is 0. The van der Waals surface area contributed by atoms with Crippen molar-refractivity contribution in [1.82, 2.24) is 4.98 Å². The highest BCUT2D eigenvalue weighted by atomic mass is 15.2. The number of aromatic nitrogens is 1. The molecule has 11 rings (SSSR count). The Morgan fingerprint density at radius 3 is 1.65 bits per heavy atom. The maximum Gasteiger partial charge on any atom is 0.137 e. The molecule has 10 aromatic rings. The first-order valence-electron chi connectivity index (χ1n) is 20.8. The Kier molecular flexibility index (Phi) is 8.53. The SMILES string of the molecule is CC1(C)c2ccccc2-c2ccc(N(c3ccccc3)c3ccc(C=Cc4c5ccccc5c(-c5ccc(-c6ccccc6)c6ccccc56)c5ccccc45)cn3)cc21. The van der Waals surface area contributed by atoms with Crippen LogP contribution in [-0.2, 0) is 5.41 Å². The monoisotopic (exact) mass is 766 g/mol. The molecule has 2 nitrogen and oxygen atoms in total. The fourth-order valence-corrected chi connectivity index (χ4v) is 9.65. The van der Waals surface area contributed by atoms with Crippen molar-refractivity contribution in [3.05, 3.63) is 229 Å². The summed E-state index contributed by atoms with van der Waals surface area (Å²) in [5, 5.41) is 7.43. The summed E-state index contributed by atoms with van der Waals surface area (Å²) >= 11 is 0. The molecule has 284 valence electrons. The van der Waals surface area contributed by atoms with E-state index in [9.17, 15) is 0 Å². The first-order valence-corrected chi connectivity index (χ1v) is 20.8. The fourth-order valence-electron chi connectivity index (χ4n) is 9.65. The lowest BCUT2D eigenvalue weighted by molar-refractivity contribution is 0.660. The van der Waals surface area contributed by atoms with Crippen molar-refractivity contribution in [2.45, 2.75) is 19.3 Å². The summed E-state index contributed by atoms with van der Waals surface area (Å²) in [4.78, 5) is 7.39. The molecule has 0 fully saturated rings. The van der Waals surface area contributed by atoms with Crippen molar-refractivity contribution in [3.63, 3.8) is 0 Å². The molecule has 0 unspecified atom stereocenters. The van der Waals surface area contributed by atoms with Gasteiger partial charge in [-0.05, 0) is 124 Å². The van der Waals surface area contributed by atoms with Crippen LogP contribution in [0.2, 0.25) is 0 Å². The second-order valence-electron chi connectivity index (χ2n) is 16.3. The van der Waals surface area contributed by atoms with Crippen molar-refractivity contribution in [2.24, 2.45) is 0 Å². The van der Waals surface area contributed by atoms with Gasteiger partial charge in [0.2, 0.25) is 0 Å². The van der Waals surface area contributed by atoms with Crippen molar-refractivity contribution in [1.29, 1.82) is 0 Å². The average molecular weight is 767 g/mol. The minimum absolute atomic E-state index is 0.0975. The second kappa shape index (κ2) is 14.4. The van der Waals surface area contributed by atoms with E-state index < -0.39 is 0 Å². The Balaban J connectivity index is 0.993. The van der Waals surface area contributed by atoms with E-state index >= 15 is 0 Å². The van der Waals surface area contributed by atoms with E-state index in [0.717, 1.165) is 22.8 Å². The Hall–Kier alpha value is -7.55. The Bertz CT molecular complexity index is 3210. The van der Waals surface area contributed by atoms with Crippen LogP contribution in [0.1, 0.15) is 36.1 Å². The predicted octanol–water partition coefficient (Wildman–Crippen LogP) is 15.8. The molecular formula is C58H42N2. The van der Waals surface area contributed by atoms with Gasteiger partial charge in [0.1, 0.15) is 5.82 Å². The summed E-state index contributed by atoms with van der Waals surface area (Å²) in [5.74, 6) is 0.873. The van der Waals surface area contributed by atoms with Gasteiger partial charge in [-0.3, -0.25) is 4.90 Å². The first-order chi connectivity index (χ1) is 29.5. The summed E-state index contributed by atoms with van der Waals surface area (Å²) in [6.07, 6.45) is 6.47. The third kappa shape index (κ3) is 5.83. The lowest BCUT2D eigenvalue weighted by Gasteiger charge is -2.27. The van der Waals surface area contributed by atoms with Gasteiger partial charge < -0.3 is 0 Å². The van der Waals surface area contributed by atoms with E-state index in [4.69, 9.17) is 4.98 Å². The molecule has 1 aromatic heterocycles. The van der Waals surface area contributed by atoms with Gasteiger partial charge in [-0.25, -0.2) is 4.98 Å². The number of nitrogens with zero attached hydrogens (tertiary/aromatic N) is 2. The number of hydrogen-bond acceptors (Lipinski definition) is 2. The number of anilines is 3. The molecule has 9 aromatic carbocycles. The first kappa shape index (κ1) is 35.6. The van der Waals surface area contributed by atoms with Crippen LogP contribution in [0.25, 0.3) is 77.9 Å². The number of fused-ring (bicyclic) bond motifs is 6. The highest BCUT2D eigenvalue weighted by Crippen LogP contribution is 2.50.